The van der Waals surface area contributed by atoms with Crippen molar-refractivity contribution in [2.24, 2.45) is 0 Å². The van der Waals surface area contributed by atoms with Crippen LogP contribution >= 0.6 is 0 Å². The fourth-order valence-corrected chi connectivity index (χ4v) is 0.224. The molecule has 0 aliphatic carbocycles. The van der Waals surface area contributed by atoms with Crippen LogP contribution in [0.15, 0.2) is 0 Å². The minimum atomic E-state index is 0. The molecule has 15 heavy (non-hydrogen) atoms. The van der Waals surface area contributed by atoms with E-state index in [1.54, 1.807) is 0 Å². The van der Waals surface area contributed by atoms with E-state index in [1.165, 1.54) is 5.92 Å². The van der Waals surface area contributed by atoms with Gasteiger partial charge in [0.05, 0.1) is 0 Å². The van der Waals surface area contributed by atoms with Crippen molar-refractivity contribution < 1.29 is 29.1 Å². The SMILES string of the molecule is CCN(C)CC.C[C-](C)C.[CH-]=O.[CH-]=O.[Ru+4]. The Labute approximate surface area is 108 Å². The standard InChI is InChI=1S/C5H13N.C4H9.2CHO.Ru/c1-4-6(3)5-2;1-4(2)3;2*1-2;/h4-5H2,1-3H3;1-3H3;2*1H;/q;3*-1;+4. The van der Waals surface area contributed by atoms with Gasteiger partial charge >= 0.3 is 19.5 Å². The quantitative estimate of drug-likeness (QED) is 0.445. The number of nitrogens with zero attached hydrogens (tertiary/aromatic N) is 1. The molecular formula is C11H24NO2Ru+. The molecule has 0 rings (SSSR count). The monoisotopic (exact) mass is 304 g/mol. The second kappa shape index (κ2) is 37.0. The molecule has 0 amide bonds. The van der Waals surface area contributed by atoms with Gasteiger partial charge in [-0.2, -0.15) is 20.8 Å². The van der Waals surface area contributed by atoms with Gasteiger partial charge in [-0.15, -0.1) is 0 Å². The first-order valence-corrected chi connectivity index (χ1v) is 4.47. The van der Waals surface area contributed by atoms with E-state index >= 15 is 0 Å². The zero-order valence-corrected chi connectivity index (χ0v) is 12.4. The molecule has 3 nitrogen and oxygen atoms in total. The maximum Gasteiger partial charge on any atom is 4.00 e. The molecule has 0 radical (unpaired) electrons. The van der Waals surface area contributed by atoms with Gasteiger partial charge in [0.15, 0.2) is 0 Å². The molecule has 0 atom stereocenters. The van der Waals surface area contributed by atoms with Gasteiger partial charge in [-0.3, -0.25) is 13.6 Å². The maximum absolute atomic E-state index is 7.75. The number of hydrogen-bond donors (Lipinski definition) is 0. The molecule has 0 saturated heterocycles. The van der Waals surface area contributed by atoms with E-state index in [-0.39, 0.29) is 19.5 Å². The van der Waals surface area contributed by atoms with Crippen LogP contribution in [0.3, 0.4) is 0 Å². The molecular weight excluding hydrogens is 279 g/mol. The molecule has 0 bridgehead atoms. The van der Waals surface area contributed by atoms with Crippen LogP contribution in [0.25, 0.3) is 0 Å². The van der Waals surface area contributed by atoms with Crippen molar-refractivity contribution in [1.82, 2.24) is 4.90 Å². The van der Waals surface area contributed by atoms with Crippen LogP contribution in [-0.4, -0.2) is 38.6 Å². The van der Waals surface area contributed by atoms with Gasteiger partial charge < -0.3 is 20.4 Å². The molecule has 0 aromatic rings. The third-order valence-corrected chi connectivity index (χ3v) is 1.08. The average Bonchev–Trinajstić information content (AvgIpc) is 2.22. The Hall–Kier alpha value is -0.0766. The Kier molecular flexibility index (Phi) is 72.5. The number of rotatable bonds is 2. The maximum atomic E-state index is 7.75. The zero-order valence-electron chi connectivity index (χ0n) is 10.7. The smallest absolute Gasteiger partial charge is 0.545 e. The summed E-state index contributed by atoms with van der Waals surface area (Å²) in [7, 11) is 2.11. The molecule has 0 saturated carbocycles. The Balaban J connectivity index is -0.0000000327. The minimum absolute atomic E-state index is 0. The summed E-state index contributed by atoms with van der Waals surface area (Å²) in [4.78, 5) is 17.8. The van der Waals surface area contributed by atoms with E-state index in [1.807, 2.05) is 0 Å². The van der Waals surface area contributed by atoms with Gasteiger partial charge in [0.25, 0.3) is 0 Å². The molecule has 92 valence electrons. The third-order valence-electron chi connectivity index (χ3n) is 1.08. The number of hydrogen-bond acceptors (Lipinski definition) is 3. The van der Waals surface area contributed by atoms with E-state index in [0.717, 1.165) is 13.1 Å². The van der Waals surface area contributed by atoms with Crippen LogP contribution in [0.1, 0.15) is 34.6 Å². The molecule has 0 spiro atoms. The van der Waals surface area contributed by atoms with Gasteiger partial charge in [0.2, 0.25) is 0 Å². The topological polar surface area (TPSA) is 37.4 Å². The fourth-order valence-electron chi connectivity index (χ4n) is 0.224. The molecule has 0 aromatic carbocycles. The summed E-state index contributed by atoms with van der Waals surface area (Å²) in [5.74, 6) is 1.42. The van der Waals surface area contributed by atoms with E-state index in [9.17, 15) is 0 Å². The molecule has 0 unspecified atom stereocenters. The first kappa shape index (κ1) is 29.4. The zero-order chi connectivity index (χ0) is 12.6. The Morgan fingerprint density at radius 2 is 1.07 bits per heavy atom. The first-order valence-electron chi connectivity index (χ1n) is 4.47. The molecule has 0 fully saturated rings. The average molecular weight is 303 g/mol. The second-order valence-electron chi connectivity index (χ2n) is 2.99. The van der Waals surface area contributed by atoms with Crippen LogP contribution in [0.5, 0.6) is 0 Å². The molecule has 0 N–H and O–H groups in total. The Morgan fingerprint density at radius 3 is 1.07 bits per heavy atom. The van der Waals surface area contributed by atoms with Crippen LogP contribution in [-0.2, 0) is 29.1 Å². The fraction of sp³-hybridized carbons (Fsp3) is 0.727. The number of carbonyl (C=O) groups excluding carboxylic acids is 2. The minimum Gasteiger partial charge on any atom is -0.545 e. The van der Waals surface area contributed by atoms with Crippen LogP contribution in [0.2, 0.25) is 0 Å². The van der Waals surface area contributed by atoms with Crippen molar-refractivity contribution in [1.29, 1.82) is 0 Å². The summed E-state index contributed by atoms with van der Waals surface area (Å²) in [5, 5.41) is 0. The second-order valence-corrected chi connectivity index (χ2v) is 2.99. The van der Waals surface area contributed by atoms with Crippen molar-refractivity contribution in [3.8, 4) is 0 Å². The molecule has 0 heterocycles. The van der Waals surface area contributed by atoms with Gasteiger partial charge in [-0.25, -0.2) is 0 Å². The van der Waals surface area contributed by atoms with Gasteiger partial charge in [-0.1, -0.05) is 13.8 Å². The summed E-state index contributed by atoms with van der Waals surface area (Å²) in [6, 6.07) is 0. The van der Waals surface area contributed by atoms with E-state index in [4.69, 9.17) is 9.59 Å². The van der Waals surface area contributed by atoms with Gasteiger partial charge in [0, 0.05) is 0 Å². The Bertz CT molecular complexity index is 74.2. The van der Waals surface area contributed by atoms with Crippen molar-refractivity contribution in [3.63, 3.8) is 0 Å². The summed E-state index contributed by atoms with van der Waals surface area (Å²) >= 11 is 0. The van der Waals surface area contributed by atoms with Gasteiger partial charge in [-0.05, 0) is 20.1 Å². The van der Waals surface area contributed by atoms with Crippen LogP contribution in [0.4, 0.5) is 0 Å². The summed E-state index contributed by atoms with van der Waals surface area (Å²) in [5.41, 5.74) is 0. The van der Waals surface area contributed by atoms with Crippen molar-refractivity contribution in [2.45, 2.75) is 34.6 Å². The van der Waals surface area contributed by atoms with E-state index in [2.05, 4.69) is 60.1 Å². The van der Waals surface area contributed by atoms with E-state index < -0.39 is 0 Å². The molecule has 0 aliphatic rings. The molecule has 0 aromatic heterocycles. The largest absolute Gasteiger partial charge is 4.00 e. The van der Waals surface area contributed by atoms with Crippen LogP contribution < -0.4 is 0 Å². The van der Waals surface area contributed by atoms with Crippen molar-refractivity contribution >= 4 is 13.6 Å². The normalized spacial score (nSPS) is 6.93. The molecule has 4 heteroatoms. The van der Waals surface area contributed by atoms with E-state index in [0.29, 0.717) is 0 Å². The predicted molar refractivity (Wildman–Crippen MR) is 62.6 cm³/mol. The summed E-state index contributed by atoms with van der Waals surface area (Å²) < 4.78 is 0. The van der Waals surface area contributed by atoms with Crippen molar-refractivity contribution in [2.75, 3.05) is 20.1 Å². The predicted octanol–water partition coefficient (Wildman–Crippen LogP) is 2.03. The van der Waals surface area contributed by atoms with Crippen LogP contribution in [0, 0.1) is 5.92 Å². The van der Waals surface area contributed by atoms with Crippen molar-refractivity contribution in [3.05, 3.63) is 5.92 Å². The first-order chi connectivity index (χ1) is 6.54. The molecule has 0 aliphatic heterocycles. The third kappa shape index (κ3) is 129. The summed E-state index contributed by atoms with van der Waals surface area (Å²) in [6.45, 7) is 19.4. The summed E-state index contributed by atoms with van der Waals surface area (Å²) in [6.07, 6.45) is 0. The van der Waals surface area contributed by atoms with Gasteiger partial charge in [0.1, 0.15) is 0 Å². The Morgan fingerprint density at radius 1 is 0.933 bits per heavy atom.